The van der Waals surface area contributed by atoms with E-state index in [2.05, 4.69) is 92.2 Å². The number of amides is 3. The molecule has 24 heteroatoms. The summed E-state index contributed by atoms with van der Waals surface area (Å²) in [6, 6.07) is -0.593. The summed E-state index contributed by atoms with van der Waals surface area (Å²) in [6.07, 6.45) is 12.3. The monoisotopic (exact) mass is 1590 g/mol. The molecule has 11 rings (SSSR count). The van der Waals surface area contributed by atoms with Crippen LogP contribution in [-0.2, 0) is 45.2 Å². The molecule has 0 spiro atoms. The summed E-state index contributed by atoms with van der Waals surface area (Å²) >= 11 is 2.87. The molecule has 1 saturated carbocycles. The Kier molecular flexibility index (Phi) is 28.6. The average Bonchev–Trinajstić information content (AvgIpc) is 1.66. The third-order valence-electron chi connectivity index (χ3n) is 24.8. The van der Waals surface area contributed by atoms with Crippen molar-refractivity contribution in [1.82, 2.24) is 30.1 Å². The molecule has 0 aromatic carbocycles. The molecule has 5 aliphatic heterocycles. The van der Waals surface area contributed by atoms with Crippen LogP contribution in [-0.4, -0.2) is 180 Å². The molecule has 1 N–H and O–H groups in total. The predicted octanol–water partition coefficient (Wildman–Crippen LogP) is 17.9. The first-order valence-electron chi connectivity index (χ1n) is 39.4. The molecule has 0 bridgehead atoms. The first-order valence-corrected chi connectivity index (χ1v) is 39.5. The Bertz CT molecular complexity index is 3820. The van der Waals surface area contributed by atoms with E-state index < -0.39 is 44.5 Å². The molecule has 608 valence electrons. The number of nitrogens with zero attached hydrogens (tertiary/aromatic N) is 9. The molecule has 5 aliphatic carbocycles. The van der Waals surface area contributed by atoms with E-state index in [1.54, 1.807) is 15.9 Å². The van der Waals surface area contributed by atoms with Crippen molar-refractivity contribution in [1.29, 1.82) is 0 Å². The number of carbonyl (C=O) groups is 7. The van der Waals surface area contributed by atoms with Crippen LogP contribution < -0.4 is 5.32 Å². The van der Waals surface area contributed by atoms with Crippen molar-refractivity contribution in [2.24, 2.45) is 78.3 Å². The average molecular weight is 1590 g/mol. The van der Waals surface area contributed by atoms with Crippen LogP contribution in [0.15, 0.2) is 46.0 Å². The molecule has 10 aliphatic rings. The second-order valence-corrected chi connectivity index (χ2v) is 39.6. The maximum Gasteiger partial charge on any atom is 0.410 e. The van der Waals surface area contributed by atoms with Gasteiger partial charge in [-0.25, -0.2) is 39.9 Å². The number of allylic oxidation sites excluding steroid dienone is 3. The van der Waals surface area contributed by atoms with Gasteiger partial charge in [0, 0.05) is 106 Å². The number of halogens is 3. The number of alkyl halides is 3. The second-order valence-electron chi connectivity index (χ2n) is 38.8. The first-order chi connectivity index (χ1) is 50.5. The van der Waals surface area contributed by atoms with Crippen LogP contribution in [0.2, 0.25) is 0 Å². The molecule has 3 amide bonds. The number of nitrogens with one attached hydrogen (secondary N) is 1. The highest BCUT2D eigenvalue weighted by atomic mass is 79.9. The molecule has 11 atom stereocenters. The summed E-state index contributed by atoms with van der Waals surface area (Å²) in [7, 11) is 0. The van der Waals surface area contributed by atoms with Crippen molar-refractivity contribution < 1.29 is 64.0 Å². The highest BCUT2D eigenvalue weighted by Gasteiger charge is 2.61. The number of hydrogen-bond acceptors (Lipinski definition) is 14. The van der Waals surface area contributed by atoms with Gasteiger partial charge in [-0.3, -0.25) is 14.1 Å². The van der Waals surface area contributed by atoms with Gasteiger partial charge in [-0.1, -0.05) is 151 Å². The lowest BCUT2D eigenvalue weighted by Crippen LogP contribution is -2.61. The Labute approximate surface area is 662 Å². The van der Waals surface area contributed by atoms with E-state index in [-0.39, 0.29) is 124 Å². The molecule has 21 nitrogen and oxygen atoms in total. The van der Waals surface area contributed by atoms with Crippen molar-refractivity contribution in [2.75, 3.05) is 90.7 Å². The summed E-state index contributed by atoms with van der Waals surface area (Å²) < 4.78 is 55.3. The number of carbonyl (C=O) groups excluding carboxylic acids is 7. The summed E-state index contributed by atoms with van der Waals surface area (Å²) in [5, 5.41) is 7.84. The third kappa shape index (κ3) is 20.3. The maximum atomic E-state index is 12.6. The van der Waals surface area contributed by atoms with E-state index in [0.717, 1.165) is 83.6 Å². The molecule has 1 unspecified atom stereocenters. The van der Waals surface area contributed by atoms with Crippen molar-refractivity contribution in [3.63, 3.8) is 0 Å². The minimum absolute atomic E-state index is 0. The largest absolute Gasteiger partial charge is 0.444 e. The first kappa shape index (κ1) is 91.0. The molecular formula is C85H131BrF2N10O11. The normalized spacial score (nSPS) is 31.5. The molecule has 0 radical (unpaired) electrons. The van der Waals surface area contributed by atoms with E-state index in [9.17, 15) is 42.3 Å². The summed E-state index contributed by atoms with van der Waals surface area (Å²) in [6.45, 7) is 83.5. The number of ketones is 4. The van der Waals surface area contributed by atoms with Crippen LogP contribution >= 0.6 is 15.9 Å². The molecule has 6 fully saturated rings. The van der Waals surface area contributed by atoms with Crippen molar-refractivity contribution >= 4 is 57.3 Å². The quantitative estimate of drug-likeness (QED) is 0.169. The van der Waals surface area contributed by atoms with Gasteiger partial charge in [-0.05, 0) is 171 Å². The van der Waals surface area contributed by atoms with Gasteiger partial charge in [0.2, 0.25) is 22.9 Å². The maximum absolute atomic E-state index is 12.6. The topological polar surface area (TPSA) is 216 Å². The number of likely N-dealkylation sites (tertiary alicyclic amines) is 4. The van der Waals surface area contributed by atoms with Crippen LogP contribution in [0.1, 0.15) is 226 Å². The van der Waals surface area contributed by atoms with Gasteiger partial charge in [-0.2, -0.15) is 0 Å². The number of aromatic nitrogens is 1. The van der Waals surface area contributed by atoms with Crippen LogP contribution in [0, 0.1) is 105 Å². The zero-order valence-electron chi connectivity index (χ0n) is 71.3. The van der Waals surface area contributed by atoms with Gasteiger partial charge in [-0.15, -0.1) is 0 Å². The van der Waals surface area contributed by atoms with Crippen LogP contribution in [0.5, 0.6) is 0 Å². The highest BCUT2D eigenvalue weighted by Crippen LogP contribution is 2.58. The lowest BCUT2D eigenvalue weighted by Gasteiger charge is -2.54. The number of ether oxygens (including phenoxy) is 3. The second kappa shape index (κ2) is 34.2. The van der Waals surface area contributed by atoms with Gasteiger partial charge >= 0.3 is 18.3 Å². The predicted molar refractivity (Wildman–Crippen MR) is 426 cm³/mol. The van der Waals surface area contributed by atoms with Gasteiger partial charge in [0.25, 0.3) is 6.04 Å². The summed E-state index contributed by atoms with van der Waals surface area (Å²) in [4.78, 5) is 108. The Hall–Kier alpha value is -6.86. The number of hydrogen-bond donors (Lipinski definition) is 1. The Morgan fingerprint density at radius 1 is 0.560 bits per heavy atom. The van der Waals surface area contributed by atoms with E-state index in [1.165, 1.54) is 5.56 Å². The molecule has 6 heterocycles. The van der Waals surface area contributed by atoms with E-state index >= 15 is 0 Å². The van der Waals surface area contributed by atoms with Crippen LogP contribution in [0.3, 0.4) is 0 Å². The Morgan fingerprint density at radius 2 is 0.936 bits per heavy atom. The summed E-state index contributed by atoms with van der Waals surface area (Å²) in [5.41, 5.74) is -2.42. The van der Waals surface area contributed by atoms with Crippen LogP contribution in [0.4, 0.5) is 23.2 Å². The zero-order valence-corrected chi connectivity index (χ0v) is 70.9. The molecule has 1 aromatic rings. The van der Waals surface area contributed by atoms with E-state index in [4.69, 9.17) is 48.0 Å². The Balaban J connectivity index is 0.000000288. The van der Waals surface area contributed by atoms with Crippen molar-refractivity contribution in [3.05, 3.63) is 98.5 Å². The SMILES string of the molecule is C.CC(C)(C)OC(=O)N1CC[C@@H]2C(C)(C)c3oncc3C[C@@]2(C)C1.FCCBr.[2H][2H].[C-]#[N+]C1=C[C@@]2(C)CN(C(=O)OC(C)(C)C)CC[C@@H]2C(C)(C)C1=O.[C-]#[N+]C1=C[C@@]2(C)CN(CCF)CC[C@@H]2C(C)(C)C1=O.[C-]#[N+]C1=C[C@@]2(C)CNCC[C@@H]2C(C)(C)C1=O.[C-]#[N+]C1C[C@@]2(C)CN(C(=O)OC(C)(C)C)CC[C@@H]2C(C)(C)C1=O. The summed E-state index contributed by atoms with van der Waals surface area (Å²) in [5.74, 6) is 2.33. The van der Waals surface area contributed by atoms with Gasteiger partial charge in [0.1, 0.15) is 29.2 Å². The lowest BCUT2D eigenvalue weighted by molar-refractivity contribution is -0.145. The van der Waals surface area contributed by atoms with Crippen molar-refractivity contribution in [2.45, 2.75) is 247 Å². The number of rotatable bonds is 3. The van der Waals surface area contributed by atoms with Gasteiger partial charge < -0.3 is 58.0 Å². The van der Waals surface area contributed by atoms with Crippen molar-refractivity contribution in [3.8, 4) is 0 Å². The smallest absolute Gasteiger partial charge is 0.410 e. The highest BCUT2D eigenvalue weighted by molar-refractivity contribution is 9.09. The van der Waals surface area contributed by atoms with Gasteiger partial charge in [0.15, 0.2) is 17.3 Å². The van der Waals surface area contributed by atoms with Gasteiger partial charge in [0.05, 0.1) is 32.6 Å². The van der Waals surface area contributed by atoms with E-state index in [0.29, 0.717) is 62.0 Å². The number of fused-ring (bicyclic) bond motifs is 6. The Morgan fingerprint density at radius 3 is 1.34 bits per heavy atom. The molecule has 109 heavy (non-hydrogen) atoms. The fraction of sp³-hybridized carbons (Fsp3) is 0.765. The minimum Gasteiger partial charge on any atom is -0.444 e. The minimum atomic E-state index is -0.593. The number of Topliss-reactive ketones (excluding diaryl/α,β-unsaturated/α-hetero) is 4. The lowest BCUT2D eigenvalue weighted by atomic mass is 9.52. The molecule has 1 aromatic heterocycles. The zero-order chi connectivity index (χ0) is 84.0. The van der Waals surface area contributed by atoms with E-state index in [1.807, 2.05) is 148 Å². The number of piperidine rings is 5. The molecule has 5 saturated heterocycles. The third-order valence-corrected chi connectivity index (χ3v) is 25.1. The molecular weight excluding hydrogens is 1450 g/mol. The fourth-order valence-corrected chi connectivity index (χ4v) is 20.3. The fourth-order valence-electron chi connectivity index (χ4n) is 20.3. The standard InChI is InChI=1S/2C18H28N2O3.C18H26N2O3.C15H21FN2O.C13H18N2O.C2H4BrF.CH4.H2/c1-16(2,3)22-15(21)20-8-7-13-17(4,5)14-12(10-19-23-14)9-18(13,6)11-20;2*1-16(2,3)23-15(22)20-9-8-13-17(4,5)14(21)12(19-7)10-18(13,6)11-20;1-14(2)12-5-7-18(8-6-16)10-15(12,3)9-11(17-4)13(14)19;1-12(2)10-5-6-15-8-13(10,3)7-9(14-4)11(12)16;3-1-2-4;;/h10,13H,7-9,11H2,1-6H3;12-13H,8-11H2,1-6H3;10,13H,8-9,11H2,1-6H3;9,12H,5-8,10H2,1-3H3;7,10,15H,5-6,8H2,1-3H3;1-2H2;1H4;1H/t13-,18+;12?,13-,18+;13-,18+;12-,15+;10-,13+;;;/m11111.../s1/i;;;;;;;1+1D. The van der Waals surface area contributed by atoms with Crippen LogP contribution in [0.25, 0.3) is 19.4 Å².